The molecule has 172 valence electrons. The fourth-order valence-corrected chi connectivity index (χ4v) is 4.21. The highest BCUT2D eigenvalue weighted by Gasteiger charge is 2.35. The smallest absolute Gasteiger partial charge is 0.308 e. The quantitative estimate of drug-likeness (QED) is 0.238. The fraction of sp³-hybridized carbons (Fsp3) is 0.625. The number of carbonyl (C=O) groups excluding carboxylic acids is 3. The lowest BCUT2D eigenvalue weighted by atomic mass is 10.1. The molecule has 6 nitrogen and oxygen atoms in total. The SMILES string of the molecule is CCCCCCCCCCOC(=O)CC1C(=O)NCCN1C(=O)c1ccc(C)c(I)c1. The van der Waals surface area contributed by atoms with Gasteiger partial charge in [-0.3, -0.25) is 14.4 Å². The predicted molar refractivity (Wildman–Crippen MR) is 130 cm³/mol. The first kappa shape index (κ1) is 25.6. The second kappa shape index (κ2) is 13.7. The van der Waals surface area contributed by atoms with Gasteiger partial charge in [-0.05, 0) is 53.6 Å². The molecule has 2 amide bonds. The normalized spacial score (nSPS) is 16.2. The Morgan fingerprint density at radius 2 is 1.81 bits per heavy atom. The molecule has 1 aliphatic rings. The zero-order valence-corrected chi connectivity index (χ0v) is 20.9. The van der Waals surface area contributed by atoms with Crippen LogP contribution in [0.3, 0.4) is 0 Å². The maximum absolute atomic E-state index is 13.0. The average molecular weight is 542 g/mol. The Labute approximate surface area is 199 Å². The summed E-state index contributed by atoms with van der Waals surface area (Å²) in [7, 11) is 0. The number of halogens is 1. The van der Waals surface area contributed by atoms with Crippen LogP contribution in [-0.2, 0) is 14.3 Å². The van der Waals surface area contributed by atoms with Crippen molar-refractivity contribution >= 4 is 40.4 Å². The summed E-state index contributed by atoms with van der Waals surface area (Å²) in [6.45, 7) is 5.33. The first-order valence-corrected chi connectivity index (χ1v) is 12.5. The van der Waals surface area contributed by atoms with Crippen molar-refractivity contribution in [2.45, 2.75) is 77.7 Å². The molecular formula is C24H35IN2O4. The van der Waals surface area contributed by atoms with E-state index >= 15 is 0 Å². The molecule has 1 aliphatic heterocycles. The van der Waals surface area contributed by atoms with Gasteiger partial charge in [-0.2, -0.15) is 0 Å². The van der Waals surface area contributed by atoms with Crippen LogP contribution in [0.5, 0.6) is 0 Å². The van der Waals surface area contributed by atoms with Crippen LogP contribution >= 0.6 is 22.6 Å². The Bertz CT molecular complexity index is 753. The summed E-state index contributed by atoms with van der Waals surface area (Å²) in [5.41, 5.74) is 1.62. The summed E-state index contributed by atoms with van der Waals surface area (Å²) in [4.78, 5) is 39.2. The molecule has 0 radical (unpaired) electrons. The standard InChI is InChI=1S/C24H35IN2O4/c1-3-4-5-6-7-8-9-10-15-31-22(28)17-21-23(29)26-13-14-27(21)24(30)19-12-11-18(2)20(25)16-19/h11-12,16,21H,3-10,13-15,17H2,1-2H3,(H,26,29). The second-order valence-electron chi connectivity index (χ2n) is 8.17. The van der Waals surface area contributed by atoms with Crippen molar-refractivity contribution in [3.05, 3.63) is 32.9 Å². The number of carbonyl (C=O) groups is 3. The molecular weight excluding hydrogens is 507 g/mol. The van der Waals surface area contributed by atoms with E-state index in [0.717, 1.165) is 28.4 Å². The Balaban J connectivity index is 1.80. The Morgan fingerprint density at radius 1 is 1.13 bits per heavy atom. The molecule has 1 aromatic carbocycles. The van der Waals surface area contributed by atoms with E-state index in [4.69, 9.17) is 4.74 Å². The van der Waals surface area contributed by atoms with E-state index in [2.05, 4.69) is 34.8 Å². The van der Waals surface area contributed by atoms with Crippen LogP contribution < -0.4 is 5.32 Å². The number of hydrogen-bond donors (Lipinski definition) is 1. The van der Waals surface area contributed by atoms with Crippen molar-refractivity contribution in [1.82, 2.24) is 10.2 Å². The minimum atomic E-state index is -0.828. The van der Waals surface area contributed by atoms with E-state index in [9.17, 15) is 14.4 Å². The van der Waals surface area contributed by atoms with Crippen molar-refractivity contribution in [2.24, 2.45) is 0 Å². The average Bonchev–Trinajstić information content (AvgIpc) is 2.75. The zero-order chi connectivity index (χ0) is 22.6. The molecule has 0 aromatic heterocycles. The monoisotopic (exact) mass is 542 g/mol. The highest BCUT2D eigenvalue weighted by Crippen LogP contribution is 2.19. The number of piperazine rings is 1. The summed E-state index contributed by atoms with van der Waals surface area (Å²) in [5.74, 6) is -0.958. The molecule has 0 bridgehead atoms. The number of hydrogen-bond acceptors (Lipinski definition) is 4. The van der Waals surface area contributed by atoms with Gasteiger partial charge in [0, 0.05) is 22.2 Å². The van der Waals surface area contributed by atoms with Gasteiger partial charge < -0.3 is 15.0 Å². The van der Waals surface area contributed by atoms with Crippen LogP contribution in [0, 0.1) is 10.5 Å². The van der Waals surface area contributed by atoms with Crippen molar-refractivity contribution in [3.8, 4) is 0 Å². The Kier molecular flexibility index (Phi) is 11.3. The summed E-state index contributed by atoms with van der Waals surface area (Å²) in [5, 5.41) is 2.76. The summed E-state index contributed by atoms with van der Waals surface area (Å²) in [6.07, 6.45) is 9.27. The largest absolute Gasteiger partial charge is 0.466 e. The van der Waals surface area contributed by atoms with Gasteiger partial charge in [0.1, 0.15) is 6.04 Å². The molecule has 1 saturated heterocycles. The fourth-order valence-electron chi connectivity index (χ4n) is 3.69. The number of benzene rings is 1. The first-order chi connectivity index (χ1) is 14.9. The van der Waals surface area contributed by atoms with Crippen molar-refractivity contribution in [2.75, 3.05) is 19.7 Å². The van der Waals surface area contributed by atoms with E-state index in [1.54, 1.807) is 6.07 Å². The molecule has 1 atom stereocenters. The number of nitrogens with one attached hydrogen (secondary N) is 1. The van der Waals surface area contributed by atoms with Gasteiger partial charge in [-0.1, -0.05) is 57.9 Å². The van der Waals surface area contributed by atoms with Crippen molar-refractivity contribution in [3.63, 3.8) is 0 Å². The molecule has 7 heteroatoms. The first-order valence-electron chi connectivity index (χ1n) is 11.4. The van der Waals surface area contributed by atoms with Crippen LogP contribution in [0.1, 0.15) is 80.6 Å². The topological polar surface area (TPSA) is 75.7 Å². The highest BCUT2D eigenvalue weighted by atomic mass is 127. The second-order valence-corrected chi connectivity index (χ2v) is 9.33. The van der Waals surface area contributed by atoms with Crippen LogP contribution in [0.2, 0.25) is 0 Å². The van der Waals surface area contributed by atoms with E-state index < -0.39 is 12.0 Å². The number of esters is 1. The van der Waals surface area contributed by atoms with Gasteiger partial charge in [-0.15, -0.1) is 0 Å². The molecule has 0 aliphatic carbocycles. The third-order valence-corrected chi connectivity index (χ3v) is 6.79. The van der Waals surface area contributed by atoms with E-state index in [-0.39, 0.29) is 18.2 Å². The number of aryl methyl sites for hydroxylation is 1. The van der Waals surface area contributed by atoms with Gasteiger partial charge in [0.15, 0.2) is 0 Å². The molecule has 1 unspecified atom stereocenters. The Hall–Kier alpha value is -1.64. The molecule has 31 heavy (non-hydrogen) atoms. The van der Waals surface area contributed by atoms with Crippen molar-refractivity contribution < 1.29 is 19.1 Å². The molecule has 1 fully saturated rings. The van der Waals surface area contributed by atoms with Crippen LogP contribution in [0.4, 0.5) is 0 Å². The van der Waals surface area contributed by atoms with Gasteiger partial charge in [0.05, 0.1) is 13.0 Å². The highest BCUT2D eigenvalue weighted by molar-refractivity contribution is 14.1. The van der Waals surface area contributed by atoms with E-state index in [1.807, 2.05) is 19.1 Å². The van der Waals surface area contributed by atoms with Crippen molar-refractivity contribution in [1.29, 1.82) is 0 Å². The van der Waals surface area contributed by atoms with Crippen LogP contribution in [-0.4, -0.2) is 48.4 Å². The van der Waals surface area contributed by atoms with E-state index in [1.165, 1.54) is 37.0 Å². The summed E-state index contributed by atoms with van der Waals surface area (Å²) >= 11 is 2.19. The van der Waals surface area contributed by atoms with E-state index in [0.29, 0.717) is 25.3 Å². The van der Waals surface area contributed by atoms with Gasteiger partial charge in [0.2, 0.25) is 5.91 Å². The number of amides is 2. The zero-order valence-electron chi connectivity index (χ0n) is 18.8. The predicted octanol–water partition coefficient (Wildman–Crippen LogP) is 4.61. The minimum Gasteiger partial charge on any atom is -0.466 e. The molecule has 2 rings (SSSR count). The van der Waals surface area contributed by atoms with Crippen LogP contribution in [0.25, 0.3) is 0 Å². The van der Waals surface area contributed by atoms with Gasteiger partial charge >= 0.3 is 5.97 Å². The number of nitrogens with zero attached hydrogens (tertiary/aromatic N) is 1. The number of unbranched alkanes of at least 4 members (excludes halogenated alkanes) is 7. The van der Waals surface area contributed by atoms with Gasteiger partial charge in [-0.25, -0.2) is 0 Å². The summed E-state index contributed by atoms with van der Waals surface area (Å²) in [6, 6.07) is 4.66. The lowest BCUT2D eigenvalue weighted by Gasteiger charge is -2.34. The Morgan fingerprint density at radius 3 is 2.48 bits per heavy atom. The lowest BCUT2D eigenvalue weighted by Crippen LogP contribution is -2.57. The lowest BCUT2D eigenvalue weighted by molar-refractivity contribution is -0.147. The maximum atomic E-state index is 13.0. The maximum Gasteiger partial charge on any atom is 0.308 e. The molecule has 1 N–H and O–H groups in total. The molecule has 0 spiro atoms. The minimum absolute atomic E-state index is 0.114. The summed E-state index contributed by atoms with van der Waals surface area (Å²) < 4.78 is 6.34. The van der Waals surface area contributed by atoms with Gasteiger partial charge in [0.25, 0.3) is 5.91 Å². The third kappa shape index (κ3) is 8.43. The molecule has 1 heterocycles. The number of ether oxygens (including phenoxy) is 1. The van der Waals surface area contributed by atoms with Crippen LogP contribution in [0.15, 0.2) is 18.2 Å². The molecule has 0 saturated carbocycles. The molecule has 1 aromatic rings. The number of rotatable bonds is 12. The third-order valence-electron chi connectivity index (χ3n) is 5.63.